The Balaban J connectivity index is 0.000000720. The summed E-state index contributed by atoms with van der Waals surface area (Å²) in [5.41, 5.74) is 0.473. The van der Waals surface area contributed by atoms with Crippen molar-refractivity contribution in [2.75, 3.05) is 0 Å². The van der Waals surface area contributed by atoms with Crippen molar-refractivity contribution in [1.29, 1.82) is 0 Å². The largest absolute Gasteiger partial charge is 2.00 e. The fourth-order valence-electron chi connectivity index (χ4n) is 0.980. The second kappa shape index (κ2) is 4.25. The molecule has 0 spiro atoms. The van der Waals surface area contributed by atoms with Gasteiger partial charge in [-0.3, -0.25) is 4.79 Å². The first kappa shape index (κ1) is 11.9. The van der Waals surface area contributed by atoms with Crippen LogP contribution in [0.2, 0.25) is 0 Å². The Hall–Kier alpha value is -1.06. The average Bonchev–Trinajstić information content (AvgIpc) is 2.45. The molecule has 0 aliphatic carbocycles. The van der Waals surface area contributed by atoms with Crippen molar-refractivity contribution in [2.24, 2.45) is 7.05 Å². The van der Waals surface area contributed by atoms with E-state index in [0.29, 0.717) is 11.0 Å². The van der Waals surface area contributed by atoms with Gasteiger partial charge in [0.25, 0.3) is 5.56 Å². The molecule has 0 aliphatic rings. The van der Waals surface area contributed by atoms with E-state index in [9.17, 15) is 4.79 Å². The first-order chi connectivity index (χ1) is 5.29. The van der Waals surface area contributed by atoms with Gasteiger partial charge in [-0.15, -0.1) is 0 Å². The summed E-state index contributed by atoms with van der Waals surface area (Å²) in [6, 6.07) is 1.67. The Bertz CT molecular complexity index is 446. The average molecular weight is 218 g/mol. The third-order valence-electron chi connectivity index (χ3n) is 1.58. The fourth-order valence-corrected chi connectivity index (χ4v) is 0.980. The molecule has 0 bridgehead atoms. The topological polar surface area (TPSA) is 49.0 Å². The van der Waals surface area contributed by atoms with Gasteiger partial charge in [-0.2, -0.15) is 0 Å². The van der Waals surface area contributed by atoms with Crippen molar-refractivity contribution >= 4 is 11.0 Å². The van der Waals surface area contributed by atoms with Gasteiger partial charge in [0, 0.05) is 12.4 Å². The van der Waals surface area contributed by atoms with E-state index in [1.54, 1.807) is 19.3 Å². The van der Waals surface area contributed by atoms with Crippen LogP contribution >= 0.6 is 0 Å². The van der Waals surface area contributed by atoms with Gasteiger partial charge in [-0.05, 0) is 12.0 Å². The first-order valence-electron chi connectivity index (χ1n) is 3.22. The minimum absolute atomic E-state index is 0. The van der Waals surface area contributed by atoms with Gasteiger partial charge < -0.3 is 22.0 Å². The van der Waals surface area contributed by atoms with Gasteiger partial charge in [0.15, 0.2) is 0 Å². The molecule has 13 heavy (non-hydrogen) atoms. The summed E-state index contributed by atoms with van der Waals surface area (Å²) in [5, 5.41) is 0.579. The zero-order chi connectivity index (χ0) is 7.84. The van der Waals surface area contributed by atoms with Gasteiger partial charge in [-0.25, -0.2) is 0 Å². The van der Waals surface area contributed by atoms with Crippen LogP contribution in [0.4, 0.5) is 0 Å². The monoisotopic (exact) mass is 218 g/mol. The molecule has 0 atom stereocenters. The molecule has 2 aromatic heterocycles. The molecular weight excluding hydrogens is 209 g/mol. The minimum Gasteiger partial charge on any atom is -0.442 e. The summed E-state index contributed by atoms with van der Waals surface area (Å²) >= 11 is 0. The van der Waals surface area contributed by atoms with E-state index in [0.717, 1.165) is 0 Å². The van der Waals surface area contributed by atoms with Crippen LogP contribution in [0.25, 0.3) is 11.0 Å². The van der Waals surface area contributed by atoms with E-state index in [1.807, 2.05) is 0 Å². The Morgan fingerprint density at radius 1 is 1.54 bits per heavy atom. The van der Waals surface area contributed by atoms with Crippen LogP contribution in [-0.4, -0.2) is 9.55 Å². The molecular formula is C8H9MnN3O. The molecule has 0 aliphatic heterocycles. The maximum absolute atomic E-state index is 11.3. The van der Waals surface area contributed by atoms with E-state index in [1.165, 1.54) is 10.9 Å². The zero-order valence-electron chi connectivity index (χ0n) is 7.36. The number of hydrogen-bond donors (Lipinski definition) is 0. The van der Waals surface area contributed by atoms with Crippen molar-refractivity contribution in [3.05, 3.63) is 36.4 Å². The minimum atomic E-state index is -0.0486. The Labute approximate surface area is 86.5 Å². The molecule has 2 heterocycles. The summed E-state index contributed by atoms with van der Waals surface area (Å²) in [6.07, 6.45) is 3.05. The van der Waals surface area contributed by atoms with Crippen molar-refractivity contribution < 1.29 is 17.1 Å². The number of rotatable bonds is 0. The molecule has 0 amide bonds. The Kier molecular flexibility index (Phi) is 3.91. The van der Waals surface area contributed by atoms with Crippen molar-refractivity contribution in [2.45, 2.75) is 0 Å². The standard InChI is InChI=1S/C7H7N3O.CH3.Mn/c1-10-4-9-6-5(7(10)11)2-3-8-6;;/h2-4H,1H3,(H,8,11);1H3;/q;-1;+2/p-1. The van der Waals surface area contributed by atoms with E-state index in [4.69, 9.17) is 0 Å². The Morgan fingerprint density at radius 3 is 2.92 bits per heavy atom. The van der Waals surface area contributed by atoms with E-state index in [-0.39, 0.29) is 30.1 Å². The molecule has 0 fully saturated rings. The number of nitrogens with zero attached hydrogens (tertiary/aromatic N) is 3. The van der Waals surface area contributed by atoms with E-state index < -0.39 is 0 Å². The molecule has 1 radical (unpaired) electrons. The van der Waals surface area contributed by atoms with Crippen LogP contribution in [0, 0.1) is 7.43 Å². The predicted octanol–water partition coefficient (Wildman–Crippen LogP) is 0.338. The van der Waals surface area contributed by atoms with Crippen molar-refractivity contribution in [3.8, 4) is 0 Å². The van der Waals surface area contributed by atoms with Gasteiger partial charge in [0.2, 0.25) is 0 Å². The third-order valence-corrected chi connectivity index (χ3v) is 1.58. The van der Waals surface area contributed by atoms with Gasteiger partial charge in [0.05, 0.1) is 0 Å². The molecule has 0 unspecified atom stereocenters. The van der Waals surface area contributed by atoms with Crippen molar-refractivity contribution in [3.63, 3.8) is 0 Å². The normalized spacial score (nSPS) is 9.00. The number of fused-ring (bicyclic) bond motifs is 1. The van der Waals surface area contributed by atoms with Crippen LogP contribution < -0.4 is 10.5 Å². The molecule has 0 saturated carbocycles. The van der Waals surface area contributed by atoms with Gasteiger partial charge in [-0.1, -0.05) is 12.3 Å². The summed E-state index contributed by atoms with van der Waals surface area (Å²) < 4.78 is 1.43. The Morgan fingerprint density at radius 2 is 2.23 bits per heavy atom. The van der Waals surface area contributed by atoms with Crippen LogP contribution in [0.3, 0.4) is 0 Å². The summed E-state index contributed by atoms with van der Waals surface area (Å²) in [4.78, 5) is 19.1. The summed E-state index contributed by atoms with van der Waals surface area (Å²) in [7, 11) is 1.67. The maximum Gasteiger partial charge on any atom is 2.00 e. The summed E-state index contributed by atoms with van der Waals surface area (Å²) in [5.74, 6) is 0. The fraction of sp³-hybridized carbons (Fsp3) is 0.125. The molecule has 69 valence electrons. The van der Waals surface area contributed by atoms with Crippen LogP contribution in [0.15, 0.2) is 23.4 Å². The van der Waals surface area contributed by atoms with Crippen LogP contribution in [0.1, 0.15) is 0 Å². The number of hydrogen-bond acceptors (Lipinski definition) is 2. The maximum atomic E-state index is 11.3. The second-order valence-electron chi connectivity index (χ2n) is 2.34. The molecule has 0 aromatic carbocycles. The smallest absolute Gasteiger partial charge is 0.442 e. The number of aryl methyl sites for hydroxylation is 1. The third kappa shape index (κ3) is 1.82. The molecule has 5 heteroatoms. The molecule has 2 rings (SSSR count). The van der Waals surface area contributed by atoms with Gasteiger partial charge in [0.1, 0.15) is 0 Å². The van der Waals surface area contributed by atoms with E-state index >= 15 is 0 Å². The van der Waals surface area contributed by atoms with Gasteiger partial charge >= 0.3 is 17.1 Å². The molecule has 0 saturated heterocycles. The zero-order valence-corrected chi connectivity index (χ0v) is 8.54. The molecule has 2 aromatic rings. The molecule has 4 nitrogen and oxygen atoms in total. The predicted molar refractivity (Wildman–Crippen MR) is 46.7 cm³/mol. The van der Waals surface area contributed by atoms with E-state index in [2.05, 4.69) is 9.97 Å². The quantitative estimate of drug-likeness (QED) is 0.473. The van der Waals surface area contributed by atoms with Crippen LogP contribution in [-0.2, 0) is 24.1 Å². The van der Waals surface area contributed by atoms with Crippen molar-refractivity contribution in [1.82, 2.24) is 14.5 Å². The number of aromatic nitrogens is 3. The van der Waals surface area contributed by atoms with Crippen LogP contribution in [0.5, 0.6) is 0 Å². The first-order valence-corrected chi connectivity index (χ1v) is 3.22. The summed E-state index contributed by atoms with van der Waals surface area (Å²) in [6.45, 7) is 0. The second-order valence-corrected chi connectivity index (χ2v) is 2.34. The SMILES string of the molecule is Cn1cnc2[n-]ccc2c1=O.[CH3-].[Mn+2]. The molecule has 0 N–H and O–H groups in total.